The monoisotopic (exact) mass is 226 g/mol. The number of nitrogens with one attached hydrogen (secondary N) is 1. The van der Waals surface area contributed by atoms with E-state index in [1.807, 2.05) is 6.20 Å². The lowest BCUT2D eigenvalue weighted by Gasteiger charge is -2.21. The summed E-state index contributed by atoms with van der Waals surface area (Å²) in [5.74, 6) is -0.0656. The van der Waals surface area contributed by atoms with Crippen molar-refractivity contribution in [3.05, 3.63) is 11.1 Å². The molecule has 0 saturated carbocycles. The molecule has 0 saturated heterocycles. The van der Waals surface area contributed by atoms with E-state index < -0.39 is 0 Å². The van der Waals surface area contributed by atoms with Gasteiger partial charge >= 0.3 is 0 Å². The fourth-order valence-corrected chi connectivity index (χ4v) is 2.54. The Hall–Kier alpha value is -0.900. The Labute approximate surface area is 94.9 Å². The molecule has 1 aromatic rings. The summed E-state index contributed by atoms with van der Waals surface area (Å²) in [5, 5.41) is 3.40. The first kappa shape index (κ1) is 12.2. The Morgan fingerprint density at radius 1 is 1.60 bits per heavy atom. The first-order valence-electron chi connectivity index (χ1n) is 5.19. The van der Waals surface area contributed by atoms with Crippen LogP contribution < -0.4 is 5.32 Å². The summed E-state index contributed by atoms with van der Waals surface area (Å²) in [5.41, 5.74) is 0.156. The van der Waals surface area contributed by atoms with E-state index >= 15 is 0 Å². The highest BCUT2D eigenvalue weighted by Gasteiger charge is 2.22. The average Bonchev–Trinajstić information content (AvgIpc) is 2.51. The summed E-state index contributed by atoms with van der Waals surface area (Å²) in [4.78, 5) is 16.3. The summed E-state index contributed by atoms with van der Waals surface area (Å²) >= 11 is 1.57. The van der Waals surface area contributed by atoms with Crippen LogP contribution in [-0.4, -0.2) is 10.9 Å². The second kappa shape index (κ2) is 4.75. The van der Waals surface area contributed by atoms with Gasteiger partial charge in [0.25, 0.3) is 0 Å². The Balaban J connectivity index is 2.78. The predicted octanol–water partition coefficient (Wildman–Crippen LogP) is 3.18. The molecule has 1 rings (SSSR count). The van der Waals surface area contributed by atoms with E-state index in [-0.39, 0.29) is 11.3 Å². The molecule has 0 aliphatic heterocycles. The number of anilines is 1. The van der Waals surface area contributed by atoms with Crippen molar-refractivity contribution < 1.29 is 4.79 Å². The van der Waals surface area contributed by atoms with Crippen LogP contribution in [-0.2, 0) is 10.2 Å². The first-order valence-corrected chi connectivity index (χ1v) is 6.01. The van der Waals surface area contributed by atoms with Crippen LogP contribution in [0.15, 0.2) is 6.20 Å². The minimum absolute atomic E-state index is 0.0656. The minimum atomic E-state index is -0.0656. The second-order valence-electron chi connectivity index (χ2n) is 4.34. The Morgan fingerprint density at radius 3 is 2.80 bits per heavy atom. The van der Waals surface area contributed by atoms with Crippen LogP contribution in [0, 0.1) is 0 Å². The SMILES string of the molecule is CCCC(C)(C)c1cnc(NC(C)=O)s1. The standard InChI is InChI=1S/C11H18N2OS/c1-5-6-11(3,4)9-7-12-10(15-9)13-8(2)14/h7H,5-6H2,1-4H3,(H,12,13,14). The van der Waals surface area contributed by atoms with Gasteiger partial charge in [-0.1, -0.05) is 27.2 Å². The number of carbonyl (C=O) groups excluding carboxylic acids is 1. The maximum absolute atomic E-state index is 10.9. The lowest BCUT2D eigenvalue weighted by Crippen LogP contribution is -2.14. The van der Waals surface area contributed by atoms with Gasteiger partial charge in [-0.25, -0.2) is 4.98 Å². The fraction of sp³-hybridized carbons (Fsp3) is 0.636. The molecule has 0 fully saturated rings. The summed E-state index contributed by atoms with van der Waals surface area (Å²) in [7, 11) is 0. The van der Waals surface area contributed by atoms with Crippen molar-refractivity contribution in [2.75, 3.05) is 5.32 Å². The molecule has 0 unspecified atom stereocenters. The topological polar surface area (TPSA) is 42.0 Å². The number of amides is 1. The van der Waals surface area contributed by atoms with Gasteiger partial charge in [-0.2, -0.15) is 0 Å². The van der Waals surface area contributed by atoms with Gasteiger partial charge in [0.05, 0.1) is 0 Å². The smallest absolute Gasteiger partial charge is 0.223 e. The van der Waals surface area contributed by atoms with E-state index in [9.17, 15) is 4.79 Å². The molecule has 15 heavy (non-hydrogen) atoms. The highest BCUT2D eigenvalue weighted by atomic mass is 32.1. The van der Waals surface area contributed by atoms with Crippen LogP contribution in [0.25, 0.3) is 0 Å². The normalized spacial score (nSPS) is 11.5. The van der Waals surface area contributed by atoms with Crippen molar-refractivity contribution in [3.8, 4) is 0 Å². The summed E-state index contributed by atoms with van der Waals surface area (Å²) in [6, 6.07) is 0. The van der Waals surface area contributed by atoms with Gasteiger partial charge in [-0.3, -0.25) is 4.79 Å². The lowest BCUT2D eigenvalue weighted by atomic mass is 9.87. The van der Waals surface area contributed by atoms with Crippen molar-refractivity contribution in [2.45, 2.75) is 46.0 Å². The maximum Gasteiger partial charge on any atom is 0.223 e. The zero-order valence-electron chi connectivity index (χ0n) is 9.76. The molecule has 0 aliphatic rings. The summed E-state index contributed by atoms with van der Waals surface area (Å²) in [6.45, 7) is 8.10. The van der Waals surface area contributed by atoms with Crippen LogP contribution in [0.5, 0.6) is 0 Å². The zero-order chi connectivity index (χ0) is 11.5. The van der Waals surface area contributed by atoms with Gasteiger partial charge in [-0.15, -0.1) is 11.3 Å². The van der Waals surface area contributed by atoms with Crippen molar-refractivity contribution in [1.29, 1.82) is 0 Å². The Kier molecular flexibility index (Phi) is 3.85. The average molecular weight is 226 g/mol. The molecule has 0 spiro atoms. The van der Waals surface area contributed by atoms with Crippen LogP contribution in [0.3, 0.4) is 0 Å². The minimum Gasteiger partial charge on any atom is -0.302 e. The van der Waals surface area contributed by atoms with Crippen LogP contribution in [0.4, 0.5) is 5.13 Å². The second-order valence-corrected chi connectivity index (χ2v) is 5.38. The van der Waals surface area contributed by atoms with Gasteiger partial charge in [0.15, 0.2) is 5.13 Å². The molecule has 1 aromatic heterocycles. The zero-order valence-corrected chi connectivity index (χ0v) is 10.6. The fourth-order valence-electron chi connectivity index (χ4n) is 1.54. The molecule has 4 heteroatoms. The Bertz CT molecular complexity index is 344. The number of rotatable bonds is 4. The van der Waals surface area contributed by atoms with Crippen LogP contribution >= 0.6 is 11.3 Å². The molecular formula is C11H18N2OS. The summed E-state index contributed by atoms with van der Waals surface area (Å²) < 4.78 is 0. The van der Waals surface area contributed by atoms with Crippen LogP contribution in [0.2, 0.25) is 0 Å². The largest absolute Gasteiger partial charge is 0.302 e. The predicted molar refractivity (Wildman–Crippen MR) is 64.4 cm³/mol. The third kappa shape index (κ3) is 3.30. The molecule has 1 N–H and O–H groups in total. The highest BCUT2D eigenvalue weighted by molar-refractivity contribution is 7.15. The third-order valence-electron chi connectivity index (χ3n) is 2.33. The number of nitrogens with zero attached hydrogens (tertiary/aromatic N) is 1. The van der Waals surface area contributed by atoms with E-state index in [1.54, 1.807) is 11.3 Å². The molecule has 1 amide bonds. The molecule has 3 nitrogen and oxygen atoms in total. The molecule has 0 bridgehead atoms. The number of carbonyl (C=O) groups is 1. The van der Waals surface area contributed by atoms with Crippen LogP contribution in [0.1, 0.15) is 45.4 Å². The molecule has 1 heterocycles. The summed E-state index contributed by atoms with van der Waals surface area (Å²) in [6.07, 6.45) is 4.15. The van der Waals surface area contributed by atoms with Crippen molar-refractivity contribution >= 4 is 22.4 Å². The van der Waals surface area contributed by atoms with E-state index in [0.29, 0.717) is 5.13 Å². The van der Waals surface area contributed by atoms with E-state index in [1.165, 1.54) is 11.8 Å². The van der Waals surface area contributed by atoms with Gasteiger partial charge < -0.3 is 5.32 Å². The van der Waals surface area contributed by atoms with Gasteiger partial charge in [0.2, 0.25) is 5.91 Å². The van der Waals surface area contributed by atoms with E-state index in [4.69, 9.17) is 0 Å². The van der Waals surface area contributed by atoms with E-state index in [0.717, 1.165) is 12.8 Å². The molecule has 0 aromatic carbocycles. The quantitative estimate of drug-likeness (QED) is 0.856. The van der Waals surface area contributed by atoms with Gasteiger partial charge in [0, 0.05) is 23.4 Å². The number of thiazole rings is 1. The lowest BCUT2D eigenvalue weighted by molar-refractivity contribution is -0.114. The van der Waals surface area contributed by atoms with Crippen molar-refractivity contribution in [2.24, 2.45) is 0 Å². The van der Waals surface area contributed by atoms with Gasteiger partial charge in [-0.05, 0) is 6.42 Å². The number of hydrogen-bond donors (Lipinski definition) is 1. The molecule has 0 radical (unpaired) electrons. The number of hydrogen-bond acceptors (Lipinski definition) is 3. The van der Waals surface area contributed by atoms with Gasteiger partial charge in [0.1, 0.15) is 0 Å². The molecule has 0 atom stereocenters. The molecular weight excluding hydrogens is 208 g/mol. The third-order valence-corrected chi connectivity index (χ3v) is 3.61. The number of aromatic nitrogens is 1. The molecule has 0 aliphatic carbocycles. The first-order chi connectivity index (χ1) is 6.95. The Morgan fingerprint density at radius 2 is 2.27 bits per heavy atom. The maximum atomic E-state index is 10.9. The highest BCUT2D eigenvalue weighted by Crippen LogP contribution is 2.34. The van der Waals surface area contributed by atoms with Crippen molar-refractivity contribution in [1.82, 2.24) is 4.98 Å². The molecule has 84 valence electrons. The van der Waals surface area contributed by atoms with Crippen molar-refractivity contribution in [3.63, 3.8) is 0 Å². The van der Waals surface area contributed by atoms with E-state index in [2.05, 4.69) is 31.1 Å².